The largest absolute Gasteiger partial charge is 0.320 e. The molecule has 1 amide bonds. The average molecular weight is 344 g/mol. The van der Waals surface area contributed by atoms with Crippen LogP contribution in [0.3, 0.4) is 0 Å². The van der Waals surface area contributed by atoms with Crippen LogP contribution in [0.2, 0.25) is 5.02 Å². The number of carbonyl (C=O) groups excluding carboxylic acids is 1. The maximum Gasteiger partial charge on any atom is 0.274 e. The first-order valence-corrected chi connectivity index (χ1v) is 6.53. The zero-order valence-electron chi connectivity index (χ0n) is 9.88. The van der Waals surface area contributed by atoms with Gasteiger partial charge < -0.3 is 5.32 Å². The van der Waals surface area contributed by atoms with Crippen molar-refractivity contribution in [3.63, 3.8) is 0 Å². The number of benzene rings is 1. The molecule has 0 atom stereocenters. The second-order valence-electron chi connectivity index (χ2n) is 3.89. The molecule has 6 heteroatoms. The highest BCUT2D eigenvalue weighted by Gasteiger charge is 2.11. The molecule has 0 aliphatic rings. The SMILES string of the molecule is Cc1cc(Br)c(F)cc1NC(=O)c1cc(Cl)ccn1. The van der Waals surface area contributed by atoms with E-state index in [0.29, 0.717) is 15.2 Å². The molecule has 98 valence electrons. The summed E-state index contributed by atoms with van der Waals surface area (Å²) in [5, 5.41) is 3.02. The van der Waals surface area contributed by atoms with E-state index < -0.39 is 11.7 Å². The zero-order valence-corrected chi connectivity index (χ0v) is 12.2. The first-order chi connectivity index (χ1) is 8.97. The smallest absolute Gasteiger partial charge is 0.274 e. The van der Waals surface area contributed by atoms with Gasteiger partial charge in [-0.25, -0.2) is 4.39 Å². The van der Waals surface area contributed by atoms with Crippen LogP contribution >= 0.6 is 27.5 Å². The van der Waals surface area contributed by atoms with Gasteiger partial charge in [0.2, 0.25) is 0 Å². The Hall–Kier alpha value is -1.46. The lowest BCUT2D eigenvalue weighted by molar-refractivity contribution is 0.102. The van der Waals surface area contributed by atoms with Crippen molar-refractivity contribution >= 4 is 39.1 Å². The number of nitrogens with one attached hydrogen (secondary N) is 1. The molecule has 3 nitrogen and oxygen atoms in total. The van der Waals surface area contributed by atoms with Crippen molar-refractivity contribution in [2.24, 2.45) is 0 Å². The van der Waals surface area contributed by atoms with Crippen molar-refractivity contribution < 1.29 is 9.18 Å². The standard InChI is InChI=1S/C13H9BrClFN2O/c1-7-4-9(14)10(16)6-11(7)18-13(19)12-5-8(15)2-3-17-12/h2-6H,1H3,(H,18,19). The highest BCUT2D eigenvalue weighted by atomic mass is 79.9. The van der Waals surface area contributed by atoms with Crippen molar-refractivity contribution in [1.29, 1.82) is 0 Å². The van der Waals surface area contributed by atoms with Gasteiger partial charge in [0, 0.05) is 16.9 Å². The van der Waals surface area contributed by atoms with Crippen molar-refractivity contribution in [2.75, 3.05) is 5.32 Å². The van der Waals surface area contributed by atoms with E-state index in [9.17, 15) is 9.18 Å². The van der Waals surface area contributed by atoms with Crippen LogP contribution in [0.15, 0.2) is 34.9 Å². The Morgan fingerprint density at radius 1 is 1.42 bits per heavy atom. The number of aryl methyl sites for hydroxylation is 1. The van der Waals surface area contributed by atoms with Gasteiger partial charge in [-0.15, -0.1) is 0 Å². The quantitative estimate of drug-likeness (QED) is 0.888. The lowest BCUT2D eigenvalue weighted by Gasteiger charge is -2.09. The van der Waals surface area contributed by atoms with Crippen molar-refractivity contribution in [2.45, 2.75) is 6.92 Å². The predicted octanol–water partition coefficient (Wildman–Crippen LogP) is 4.20. The van der Waals surface area contributed by atoms with Gasteiger partial charge in [0.05, 0.1) is 4.47 Å². The van der Waals surface area contributed by atoms with E-state index in [1.54, 1.807) is 19.1 Å². The number of halogens is 3. The van der Waals surface area contributed by atoms with Crippen LogP contribution in [0.25, 0.3) is 0 Å². The van der Waals surface area contributed by atoms with Crippen LogP contribution < -0.4 is 5.32 Å². The molecule has 1 heterocycles. The highest BCUT2D eigenvalue weighted by molar-refractivity contribution is 9.10. The number of amides is 1. The highest BCUT2D eigenvalue weighted by Crippen LogP contribution is 2.24. The molecule has 2 rings (SSSR count). The van der Waals surface area contributed by atoms with Gasteiger partial charge in [-0.05, 0) is 52.7 Å². The molecule has 19 heavy (non-hydrogen) atoms. The molecule has 0 saturated heterocycles. The van der Waals surface area contributed by atoms with Gasteiger partial charge >= 0.3 is 0 Å². The first-order valence-electron chi connectivity index (χ1n) is 5.36. The summed E-state index contributed by atoms with van der Waals surface area (Å²) in [7, 11) is 0. The summed E-state index contributed by atoms with van der Waals surface area (Å²) in [5.74, 6) is -0.882. The molecular weight excluding hydrogens is 335 g/mol. The van der Waals surface area contributed by atoms with E-state index in [2.05, 4.69) is 26.2 Å². The second kappa shape index (κ2) is 5.67. The number of aromatic nitrogens is 1. The lowest BCUT2D eigenvalue weighted by Crippen LogP contribution is -2.14. The maximum atomic E-state index is 13.4. The van der Waals surface area contributed by atoms with Crippen LogP contribution in [0.4, 0.5) is 10.1 Å². The molecule has 0 unspecified atom stereocenters. The Labute approximate surface area is 122 Å². The second-order valence-corrected chi connectivity index (χ2v) is 5.19. The normalized spacial score (nSPS) is 10.3. The van der Waals surface area contributed by atoms with Gasteiger partial charge in [-0.1, -0.05) is 11.6 Å². The third kappa shape index (κ3) is 3.30. The molecule has 1 N–H and O–H groups in total. The van der Waals surface area contributed by atoms with Crippen molar-refractivity contribution in [1.82, 2.24) is 4.98 Å². The van der Waals surface area contributed by atoms with Crippen LogP contribution in [0, 0.1) is 12.7 Å². The number of carbonyl (C=O) groups is 1. The Bertz CT molecular complexity index is 649. The monoisotopic (exact) mass is 342 g/mol. The summed E-state index contributed by atoms with van der Waals surface area (Å²) in [5.41, 5.74) is 1.31. The fourth-order valence-corrected chi connectivity index (χ4v) is 2.11. The van der Waals surface area contributed by atoms with E-state index in [1.807, 2.05) is 0 Å². The van der Waals surface area contributed by atoms with E-state index in [0.717, 1.165) is 5.56 Å². The molecule has 0 saturated carbocycles. The Balaban J connectivity index is 2.27. The Kier molecular flexibility index (Phi) is 4.17. The topological polar surface area (TPSA) is 42.0 Å². The van der Waals surface area contributed by atoms with Gasteiger partial charge in [0.15, 0.2) is 0 Å². The Morgan fingerprint density at radius 2 is 2.16 bits per heavy atom. The van der Waals surface area contributed by atoms with Gasteiger partial charge in [-0.2, -0.15) is 0 Å². The third-order valence-corrected chi connectivity index (χ3v) is 3.31. The lowest BCUT2D eigenvalue weighted by atomic mass is 10.2. The minimum atomic E-state index is -0.444. The van der Waals surface area contributed by atoms with Crippen LogP contribution in [-0.4, -0.2) is 10.9 Å². The fraction of sp³-hybridized carbons (Fsp3) is 0.0769. The number of pyridine rings is 1. The van der Waals surface area contributed by atoms with Crippen LogP contribution in [0.5, 0.6) is 0 Å². The minimum absolute atomic E-state index is 0.176. The molecule has 0 radical (unpaired) electrons. The van der Waals surface area contributed by atoms with E-state index in [1.165, 1.54) is 18.3 Å². The van der Waals surface area contributed by atoms with Crippen molar-refractivity contribution in [3.05, 3.63) is 57.0 Å². The molecule has 0 fully saturated rings. The predicted molar refractivity (Wildman–Crippen MR) is 76.0 cm³/mol. The number of hydrogen-bond donors (Lipinski definition) is 1. The molecule has 0 bridgehead atoms. The Morgan fingerprint density at radius 3 is 2.84 bits per heavy atom. The molecule has 1 aromatic carbocycles. The van der Waals surface area contributed by atoms with Crippen LogP contribution in [-0.2, 0) is 0 Å². The molecular formula is C13H9BrClFN2O. The average Bonchev–Trinajstić information content (AvgIpc) is 2.36. The zero-order chi connectivity index (χ0) is 14.0. The van der Waals surface area contributed by atoms with Crippen molar-refractivity contribution in [3.8, 4) is 0 Å². The minimum Gasteiger partial charge on any atom is -0.320 e. The number of hydrogen-bond acceptors (Lipinski definition) is 2. The number of anilines is 1. The fourth-order valence-electron chi connectivity index (χ4n) is 1.50. The summed E-state index contributed by atoms with van der Waals surface area (Å²) >= 11 is 8.87. The summed E-state index contributed by atoms with van der Waals surface area (Å²) in [6, 6.07) is 5.86. The third-order valence-electron chi connectivity index (χ3n) is 2.47. The van der Waals surface area contributed by atoms with E-state index in [-0.39, 0.29) is 5.69 Å². The summed E-state index contributed by atoms with van der Waals surface area (Å²) in [6.07, 6.45) is 1.44. The van der Waals surface area contributed by atoms with Gasteiger partial charge in [-0.3, -0.25) is 9.78 Å². The molecule has 2 aromatic rings. The van der Waals surface area contributed by atoms with Gasteiger partial charge in [0.1, 0.15) is 11.5 Å². The molecule has 0 aliphatic carbocycles. The number of nitrogens with zero attached hydrogens (tertiary/aromatic N) is 1. The van der Waals surface area contributed by atoms with Crippen LogP contribution in [0.1, 0.15) is 16.1 Å². The molecule has 1 aromatic heterocycles. The molecule has 0 spiro atoms. The number of rotatable bonds is 2. The van der Waals surface area contributed by atoms with E-state index in [4.69, 9.17) is 11.6 Å². The molecule has 0 aliphatic heterocycles. The van der Waals surface area contributed by atoms with Gasteiger partial charge in [0.25, 0.3) is 5.91 Å². The summed E-state index contributed by atoms with van der Waals surface area (Å²) in [6.45, 7) is 1.77. The van der Waals surface area contributed by atoms with E-state index >= 15 is 0 Å². The first kappa shape index (κ1) is 14.0. The summed E-state index contributed by atoms with van der Waals surface area (Å²) in [4.78, 5) is 15.9. The summed E-state index contributed by atoms with van der Waals surface area (Å²) < 4.78 is 13.8. The maximum absolute atomic E-state index is 13.4.